The van der Waals surface area contributed by atoms with Crippen molar-refractivity contribution in [1.82, 2.24) is 20.2 Å². The first-order valence-corrected chi connectivity index (χ1v) is 9.99. The van der Waals surface area contributed by atoms with Crippen LogP contribution in [-0.2, 0) is 11.4 Å². The fourth-order valence-electron chi connectivity index (χ4n) is 4.05. The minimum Gasteiger partial charge on any atom is -0.471 e. The molecule has 0 radical (unpaired) electrons. The molecule has 2 N–H and O–H groups in total. The van der Waals surface area contributed by atoms with Crippen molar-refractivity contribution in [1.29, 1.82) is 0 Å². The Balaban J connectivity index is 1.21. The van der Waals surface area contributed by atoms with Gasteiger partial charge in [0.05, 0.1) is 18.1 Å². The second-order valence-electron chi connectivity index (χ2n) is 7.50. The summed E-state index contributed by atoms with van der Waals surface area (Å²) in [7, 11) is 0. The molecule has 1 fully saturated rings. The molecule has 9 heteroatoms. The van der Waals surface area contributed by atoms with Gasteiger partial charge in [-0.1, -0.05) is 12.1 Å². The fraction of sp³-hybridized carbons (Fsp3) is 0.182. The van der Waals surface area contributed by atoms with Crippen LogP contribution in [0.1, 0.15) is 12.1 Å². The van der Waals surface area contributed by atoms with E-state index in [-0.39, 0.29) is 11.9 Å². The van der Waals surface area contributed by atoms with E-state index in [9.17, 15) is 4.79 Å². The van der Waals surface area contributed by atoms with Gasteiger partial charge < -0.3 is 14.5 Å². The van der Waals surface area contributed by atoms with Gasteiger partial charge in [0, 0.05) is 28.9 Å². The second kappa shape index (κ2) is 6.98. The Morgan fingerprint density at radius 3 is 3.03 bits per heavy atom. The number of carbonyl (C=O) groups excluding carboxylic acids is 1. The van der Waals surface area contributed by atoms with Crippen LogP contribution in [0.5, 0.6) is 5.88 Å². The van der Waals surface area contributed by atoms with E-state index in [0.717, 1.165) is 28.1 Å². The molecule has 1 saturated heterocycles. The van der Waals surface area contributed by atoms with Gasteiger partial charge in [-0.15, -0.1) is 0 Å². The molecule has 1 unspecified atom stereocenters. The molecule has 1 aromatic carbocycles. The van der Waals surface area contributed by atoms with Crippen molar-refractivity contribution in [3.63, 3.8) is 0 Å². The average molecular weight is 414 g/mol. The molecule has 1 amide bonds. The topological polar surface area (TPSA) is 109 Å². The molecule has 9 nitrogen and oxygen atoms in total. The Kier molecular flexibility index (Phi) is 3.98. The number of aromatic amines is 1. The fourth-order valence-corrected chi connectivity index (χ4v) is 4.05. The van der Waals surface area contributed by atoms with Crippen molar-refractivity contribution >= 4 is 17.4 Å². The van der Waals surface area contributed by atoms with Crippen molar-refractivity contribution in [2.45, 2.75) is 19.1 Å². The standard InChI is InChI=1S/C22H18N6O3/c29-22-17(25-14-3-1-2-13(8-14)19-10-23-12-31-19)6-7-28(22)20-5-4-15-16-9-24-27-18(16)11-30-21(15)26-20/h1-5,8-10,12,17,25H,6-7,11H2,(H,24,27). The van der Waals surface area contributed by atoms with Crippen LogP contribution in [0.3, 0.4) is 0 Å². The number of pyridine rings is 1. The van der Waals surface area contributed by atoms with Gasteiger partial charge in [0.2, 0.25) is 5.88 Å². The number of hydrogen-bond acceptors (Lipinski definition) is 7. The number of oxazole rings is 1. The lowest BCUT2D eigenvalue weighted by molar-refractivity contribution is -0.117. The second-order valence-corrected chi connectivity index (χ2v) is 7.50. The van der Waals surface area contributed by atoms with Gasteiger partial charge in [-0.25, -0.2) is 4.98 Å². The van der Waals surface area contributed by atoms with Gasteiger partial charge in [-0.2, -0.15) is 10.1 Å². The predicted octanol–water partition coefficient (Wildman–Crippen LogP) is 3.24. The molecule has 0 saturated carbocycles. The van der Waals surface area contributed by atoms with Gasteiger partial charge in [-0.05, 0) is 30.7 Å². The molecule has 2 aliphatic heterocycles. The number of H-pyrrole nitrogens is 1. The zero-order valence-corrected chi connectivity index (χ0v) is 16.4. The zero-order valence-electron chi connectivity index (χ0n) is 16.4. The zero-order chi connectivity index (χ0) is 20.8. The number of ether oxygens (including phenoxy) is 1. The van der Waals surface area contributed by atoms with E-state index >= 15 is 0 Å². The van der Waals surface area contributed by atoms with Crippen molar-refractivity contribution in [2.24, 2.45) is 0 Å². The van der Waals surface area contributed by atoms with E-state index in [1.807, 2.05) is 36.4 Å². The van der Waals surface area contributed by atoms with Crippen LogP contribution in [0.4, 0.5) is 11.5 Å². The molecule has 4 aromatic rings. The van der Waals surface area contributed by atoms with Crippen LogP contribution >= 0.6 is 0 Å². The van der Waals surface area contributed by atoms with Gasteiger partial charge in [0.1, 0.15) is 18.5 Å². The largest absolute Gasteiger partial charge is 0.471 e. The molecule has 2 aliphatic rings. The summed E-state index contributed by atoms with van der Waals surface area (Å²) in [5, 5.41) is 10.3. The van der Waals surface area contributed by atoms with Crippen molar-refractivity contribution in [2.75, 3.05) is 16.8 Å². The summed E-state index contributed by atoms with van der Waals surface area (Å²) in [6.45, 7) is 0.972. The highest BCUT2D eigenvalue weighted by atomic mass is 16.5. The molecule has 0 spiro atoms. The Bertz CT molecular complexity index is 1270. The molecule has 0 bridgehead atoms. The summed E-state index contributed by atoms with van der Waals surface area (Å²) in [6.07, 6.45) is 5.51. The minimum absolute atomic E-state index is 0.0164. The van der Waals surface area contributed by atoms with Crippen LogP contribution in [0.25, 0.3) is 22.5 Å². The third kappa shape index (κ3) is 3.02. The number of nitrogens with one attached hydrogen (secondary N) is 2. The molecule has 5 heterocycles. The van der Waals surface area contributed by atoms with E-state index in [2.05, 4.69) is 25.5 Å². The van der Waals surface area contributed by atoms with Gasteiger partial charge >= 0.3 is 0 Å². The lowest BCUT2D eigenvalue weighted by Crippen LogP contribution is -2.34. The predicted molar refractivity (Wildman–Crippen MR) is 112 cm³/mol. The summed E-state index contributed by atoms with van der Waals surface area (Å²) in [6, 6.07) is 11.2. The number of amides is 1. The Hall–Kier alpha value is -4.14. The number of benzene rings is 1. The maximum atomic E-state index is 13.1. The van der Waals surface area contributed by atoms with Crippen LogP contribution in [-0.4, -0.2) is 38.7 Å². The number of nitrogens with zero attached hydrogens (tertiary/aromatic N) is 4. The van der Waals surface area contributed by atoms with Crippen molar-refractivity contribution in [3.8, 4) is 28.3 Å². The number of hydrogen-bond donors (Lipinski definition) is 2. The summed E-state index contributed by atoms with van der Waals surface area (Å²) in [5.74, 6) is 1.78. The summed E-state index contributed by atoms with van der Waals surface area (Å²) >= 11 is 0. The number of rotatable bonds is 4. The highest BCUT2D eigenvalue weighted by Gasteiger charge is 2.34. The lowest BCUT2D eigenvalue weighted by Gasteiger charge is -2.21. The van der Waals surface area contributed by atoms with E-state index < -0.39 is 0 Å². The van der Waals surface area contributed by atoms with E-state index in [4.69, 9.17) is 9.15 Å². The van der Waals surface area contributed by atoms with Crippen molar-refractivity contribution < 1.29 is 13.9 Å². The normalized spacial score (nSPS) is 17.2. The maximum Gasteiger partial charge on any atom is 0.250 e. The van der Waals surface area contributed by atoms with Crippen LogP contribution in [0, 0.1) is 0 Å². The number of anilines is 2. The minimum atomic E-state index is -0.329. The van der Waals surface area contributed by atoms with Crippen molar-refractivity contribution in [3.05, 3.63) is 60.9 Å². The highest BCUT2D eigenvalue weighted by molar-refractivity contribution is 6.00. The maximum absolute atomic E-state index is 13.1. The van der Waals surface area contributed by atoms with E-state index in [1.54, 1.807) is 17.3 Å². The molecule has 1 atom stereocenters. The Morgan fingerprint density at radius 1 is 1.16 bits per heavy atom. The van der Waals surface area contributed by atoms with Crippen LogP contribution in [0.15, 0.2) is 59.6 Å². The Morgan fingerprint density at radius 2 is 2.13 bits per heavy atom. The van der Waals surface area contributed by atoms with Crippen LogP contribution < -0.4 is 15.0 Å². The first kappa shape index (κ1) is 17.7. The number of aromatic nitrogens is 4. The van der Waals surface area contributed by atoms with Gasteiger partial charge in [-0.3, -0.25) is 14.8 Å². The first-order valence-electron chi connectivity index (χ1n) is 9.99. The monoisotopic (exact) mass is 414 g/mol. The first-order chi connectivity index (χ1) is 15.3. The SMILES string of the molecule is O=C1C(Nc2cccc(-c3cnco3)c2)CCN1c1ccc2c(n1)OCc1[nH]ncc1-2. The molecular weight excluding hydrogens is 396 g/mol. The third-order valence-corrected chi connectivity index (χ3v) is 5.61. The smallest absolute Gasteiger partial charge is 0.250 e. The number of fused-ring (bicyclic) bond motifs is 3. The third-order valence-electron chi connectivity index (χ3n) is 5.61. The van der Waals surface area contributed by atoms with Crippen LogP contribution in [0.2, 0.25) is 0 Å². The molecule has 154 valence electrons. The summed E-state index contributed by atoms with van der Waals surface area (Å²) in [5.41, 5.74) is 4.54. The van der Waals surface area contributed by atoms with Gasteiger partial charge in [0.25, 0.3) is 5.91 Å². The summed E-state index contributed by atoms with van der Waals surface area (Å²) in [4.78, 5) is 23.4. The number of carbonyl (C=O) groups is 1. The average Bonchev–Trinajstić information content (AvgIpc) is 3.56. The summed E-state index contributed by atoms with van der Waals surface area (Å²) < 4.78 is 11.1. The van der Waals surface area contributed by atoms with Gasteiger partial charge in [0.15, 0.2) is 12.2 Å². The molecule has 0 aliphatic carbocycles. The molecule has 6 rings (SSSR count). The van der Waals surface area contributed by atoms with E-state index in [0.29, 0.717) is 37.0 Å². The highest BCUT2D eigenvalue weighted by Crippen LogP contribution is 2.37. The lowest BCUT2D eigenvalue weighted by atomic mass is 10.1. The quantitative estimate of drug-likeness (QED) is 0.528. The molecule has 31 heavy (non-hydrogen) atoms. The molecular formula is C22H18N6O3. The molecule has 3 aromatic heterocycles. The van der Waals surface area contributed by atoms with E-state index in [1.165, 1.54) is 6.39 Å². The Labute approximate surface area is 177 Å².